The van der Waals surface area contributed by atoms with E-state index in [2.05, 4.69) is 9.97 Å². The van der Waals surface area contributed by atoms with Crippen molar-refractivity contribution >= 4 is 29.3 Å². The van der Waals surface area contributed by atoms with Gasteiger partial charge >= 0.3 is 0 Å². The molecule has 0 atom stereocenters. The number of rotatable bonds is 1. The molecule has 2 rings (SSSR count). The van der Waals surface area contributed by atoms with Crippen molar-refractivity contribution in [2.45, 2.75) is 0 Å². The van der Waals surface area contributed by atoms with Gasteiger partial charge < -0.3 is 10.7 Å². The normalized spacial score (nSPS) is 9.54. The van der Waals surface area contributed by atoms with Crippen molar-refractivity contribution < 1.29 is 4.79 Å². The van der Waals surface area contributed by atoms with Crippen molar-refractivity contribution in [1.29, 1.82) is 0 Å². The number of aromatic nitrogens is 2. The number of aromatic amines is 1. The highest BCUT2D eigenvalue weighted by atomic mass is 35.5. The SMILES string of the molecule is Cl.NC(=O)c1nc2ccccc2[nH]1. The van der Waals surface area contributed by atoms with Gasteiger partial charge in [0.25, 0.3) is 5.91 Å². The number of para-hydroxylation sites is 2. The number of halogens is 1. The van der Waals surface area contributed by atoms with Gasteiger partial charge in [0.2, 0.25) is 0 Å². The van der Waals surface area contributed by atoms with Gasteiger partial charge in [-0.1, -0.05) is 12.1 Å². The smallest absolute Gasteiger partial charge is 0.284 e. The summed E-state index contributed by atoms with van der Waals surface area (Å²) < 4.78 is 0. The molecule has 2 aromatic rings. The second kappa shape index (κ2) is 3.45. The molecule has 4 nitrogen and oxygen atoms in total. The number of imidazole rings is 1. The van der Waals surface area contributed by atoms with Crippen LogP contribution in [0.3, 0.4) is 0 Å². The summed E-state index contributed by atoms with van der Waals surface area (Å²) in [5.74, 6) is -0.331. The second-order valence-electron chi connectivity index (χ2n) is 2.47. The molecule has 0 saturated heterocycles. The van der Waals surface area contributed by atoms with Crippen molar-refractivity contribution in [3.8, 4) is 0 Å². The summed E-state index contributed by atoms with van der Waals surface area (Å²) in [5, 5.41) is 0. The molecular weight excluding hydrogens is 190 g/mol. The average Bonchev–Trinajstić information content (AvgIpc) is 2.46. The number of carbonyl (C=O) groups excluding carboxylic acids is 1. The molecule has 0 unspecified atom stereocenters. The Balaban J connectivity index is 0.000000845. The van der Waals surface area contributed by atoms with Crippen molar-refractivity contribution in [1.82, 2.24) is 9.97 Å². The van der Waals surface area contributed by atoms with E-state index in [9.17, 15) is 4.79 Å². The maximum Gasteiger partial charge on any atom is 0.284 e. The van der Waals surface area contributed by atoms with Crippen molar-refractivity contribution in [3.63, 3.8) is 0 Å². The first-order valence-corrected chi connectivity index (χ1v) is 3.52. The predicted molar refractivity (Wildman–Crippen MR) is 51.9 cm³/mol. The molecule has 3 N–H and O–H groups in total. The Morgan fingerprint density at radius 3 is 2.69 bits per heavy atom. The summed E-state index contributed by atoms with van der Waals surface area (Å²) in [6, 6.07) is 7.38. The topological polar surface area (TPSA) is 71.8 Å². The van der Waals surface area contributed by atoms with Gasteiger partial charge in [-0.05, 0) is 12.1 Å². The molecule has 68 valence electrons. The molecule has 5 heteroatoms. The monoisotopic (exact) mass is 197 g/mol. The lowest BCUT2D eigenvalue weighted by Gasteiger charge is -1.82. The number of nitrogens with zero attached hydrogens (tertiary/aromatic N) is 1. The maximum absolute atomic E-state index is 10.7. The summed E-state index contributed by atoms with van der Waals surface area (Å²) >= 11 is 0. The number of fused-ring (bicyclic) bond motifs is 1. The van der Waals surface area contributed by atoms with E-state index in [1.165, 1.54) is 0 Å². The first-order chi connectivity index (χ1) is 5.77. The maximum atomic E-state index is 10.7. The van der Waals surface area contributed by atoms with E-state index in [1.54, 1.807) is 0 Å². The molecule has 1 amide bonds. The van der Waals surface area contributed by atoms with E-state index in [0.717, 1.165) is 11.0 Å². The number of nitrogens with one attached hydrogen (secondary N) is 1. The Bertz CT molecular complexity index is 405. The summed E-state index contributed by atoms with van der Waals surface area (Å²) in [7, 11) is 0. The second-order valence-corrected chi connectivity index (χ2v) is 2.47. The highest BCUT2D eigenvalue weighted by molar-refractivity contribution is 5.92. The van der Waals surface area contributed by atoms with Crippen molar-refractivity contribution in [2.75, 3.05) is 0 Å². The van der Waals surface area contributed by atoms with Crippen LogP contribution < -0.4 is 5.73 Å². The Labute approximate surface area is 80.6 Å². The van der Waals surface area contributed by atoms with Crippen LogP contribution in [0.25, 0.3) is 11.0 Å². The van der Waals surface area contributed by atoms with Gasteiger partial charge in [0.05, 0.1) is 11.0 Å². The lowest BCUT2D eigenvalue weighted by atomic mass is 10.3. The minimum absolute atomic E-state index is 0. The molecular formula is C8H8ClN3O. The van der Waals surface area contributed by atoms with Gasteiger partial charge in [0.15, 0.2) is 5.82 Å². The van der Waals surface area contributed by atoms with Crippen LogP contribution in [0.5, 0.6) is 0 Å². The molecule has 1 heterocycles. The van der Waals surface area contributed by atoms with E-state index >= 15 is 0 Å². The first-order valence-electron chi connectivity index (χ1n) is 3.52. The number of H-pyrrole nitrogens is 1. The zero-order valence-corrected chi connectivity index (χ0v) is 7.47. The number of benzene rings is 1. The summed E-state index contributed by atoms with van der Waals surface area (Å²) in [5.41, 5.74) is 6.63. The number of primary amides is 1. The van der Waals surface area contributed by atoms with Crippen LogP contribution >= 0.6 is 12.4 Å². The zero-order valence-electron chi connectivity index (χ0n) is 6.65. The van der Waals surface area contributed by atoms with E-state index in [0.29, 0.717) is 0 Å². The molecule has 0 aliphatic carbocycles. The number of hydrogen-bond acceptors (Lipinski definition) is 2. The third-order valence-corrected chi connectivity index (χ3v) is 1.62. The fourth-order valence-corrected chi connectivity index (χ4v) is 1.07. The fraction of sp³-hybridized carbons (Fsp3) is 0. The van der Waals surface area contributed by atoms with Gasteiger partial charge in [-0.25, -0.2) is 4.98 Å². The largest absolute Gasteiger partial charge is 0.363 e. The van der Waals surface area contributed by atoms with Crippen LogP contribution in [0.2, 0.25) is 0 Å². The molecule has 13 heavy (non-hydrogen) atoms. The van der Waals surface area contributed by atoms with Gasteiger partial charge in [0, 0.05) is 0 Å². The molecule has 0 aliphatic rings. The summed E-state index contributed by atoms with van der Waals surface area (Å²) in [6.07, 6.45) is 0. The number of carbonyl (C=O) groups is 1. The van der Waals surface area contributed by atoms with Crippen molar-refractivity contribution in [2.24, 2.45) is 5.73 Å². The highest BCUT2D eigenvalue weighted by Gasteiger charge is 2.05. The number of hydrogen-bond donors (Lipinski definition) is 2. The summed E-state index contributed by atoms with van der Waals surface area (Å²) in [6.45, 7) is 0. The van der Waals surface area contributed by atoms with Crippen LogP contribution in [-0.2, 0) is 0 Å². The van der Waals surface area contributed by atoms with Gasteiger partial charge in [-0.3, -0.25) is 4.79 Å². The van der Waals surface area contributed by atoms with Crippen molar-refractivity contribution in [3.05, 3.63) is 30.1 Å². The fourth-order valence-electron chi connectivity index (χ4n) is 1.07. The average molecular weight is 198 g/mol. The lowest BCUT2D eigenvalue weighted by molar-refractivity contribution is 0.0991. The van der Waals surface area contributed by atoms with E-state index in [4.69, 9.17) is 5.73 Å². The molecule has 0 aliphatic heterocycles. The molecule has 0 spiro atoms. The molecule has 0 radical (unpaired) electrons. The Hall–Kier alpha value is -1.55. The first kappa shape index (κ1) is 9.54. The summed E-state index contributed by atoms with van der Waals surface area (Å²) in [4.78, 5) is 17.5. The van der Waals surface area contributed by atoms with Gasteiger partial charge in [0.1, 0.15) is 0 Å². The Morgan fingerprint density at radius 2 is 2.08 bits per heavy atom. The standard InChI is InChI=1S/C8H7N3O.ClH/c9-7(12)8-10-5-3-1-2-4-6(5)11-8;/h1-4H,(H2,9,12)(H,10,11);1H. The highest BCUT2D eigenvalue weighted by Crippen LogP contribution is 2.09. The van der Waals surface area contributed by atoms with E-state index < -0.39 is 5.91 Å². The molecule has 0 saturated carbocycles. The van der Waals surface area contributed by atoms with Crippen LogP contribution in [0, 0.1) is 0 Å². The van der Waals surface area contributed by atoms with E-state index in [1.807, 2.05) is 24.3 Å². The van der Waals surface area contributed by atoms with Gasteiger partial charge in [-0.2, -0.15) is 0 Å². The minimum Gasteiger partial charge on any atom is -0.363 e. The molecule has 1 aromatic heterocycles. The van der Waals surface area contributed by atoms with Crippen LogP contribution in [0.4, 0.5) is 0 Å². The third-order valence-electron chi connectivity index (χ3n) is 1.62. The Morgan fingerprint density at radius 1 is 1.38 bits per heavy atom. The molecule has 1 aromatic carbocycles. The lowest BCUT2D eigenvalue weighted by Crippen LogP contribution is -2.12. The van der Waals surface area contributed by atoms with E-state index in [-0.39, 0.29) is 18.2 Å². The van der Waals surface area contributed by atoms with Crippen LogP contribution in [0.1, 0.15) is 10.6 Å². The van der Waals surface area contributed by atoms with Gasteiger partial charge in [-0.15, -0.1) is 12.4 Å². The van der Waals surface area contributed by atoms with Crippen LogP contribution in [-0.4, -0.2) is 15.9 Å². The van der Waals surface area contributed by atoms with Crippen LogP contribution in [0.15, 0.2) is 24.3 Å². The molecule has 0 fully saturated rings. The predicted octanol–water partition coefficient (Wildman–Crippen LogP) is 1.08. The number of nitrogens with two attached hydrogens (primary N) is 1. The Kier molecular flexibility index (Phi) is 2.53. The number of amides is 1. The quantitative estimate of drug-likeness (QED) is 0.718. The molecule has 0 bridgehead atoms. The minimum atomic E-state index is -0.536. The zero-order chi connectivity index (χ0) is 8.55. The third kappa shape index (κ3) is 1.62.